The zero-order valence-electron chi connectivity index (χ0n) is 11.6. The maximum Gasteiger partial charge on any atom is 0.242 e. The number of hydrogen-bond donors (Lipinski definition) is 3. The summed E-state index contributed by atoms with van der Waals surface area (Å²) < 4.78 is 49.6. The third-order valence-corrected chi connectivity index (χ3v) is 5.21. The summed E-state index contributed by atoms with van der Waals surface area (Å²) in [6, 6.07) is 3.73. The number of nitrogens with two attached hydrogens (primary N) is 1. The molecule has 1 aromatic carbocycles. The van der Waals surface area contributed by atoms with E-state index in [-0.39, 0.29) is 28.4 Å². The highest BCUT2D eigenvalue weighted by Crippen LogP contribution is 2.24. The van der Waals surface area contributed by atoms with Crippen LogP contribution in [0.15, 0.2) is 28.0 Å². The van der Waals surface area contributed by atoms with Crippen molar-refractivity contribution < 1.29 is 21.6 Å². The molecule has 0 saturated carbocycles. The summed E-state index contributed by atoms with van der Waals surface area (Å²) in [6.45, 7) is -0.163. The molecule has 0 unspecified atom stereocenters. The zero-order chi connectivity index (χ0) is 16.3. The Morgan fingerprint density at radius 3 is 2.33 bits per heavy atom. The second-order valence-electron chi connectivity index (χ2n) is 4.29. The Bertz CT molecular complexity index is 741. The first-order chi connectivity index (χ1) is 9.58. The molecule has 0 heterocycles. The Morgan fingerprint density at radius 2 is 1.86 bits per heavy atom. The van der Waals surface area contributed by atoms with Gasteiger partial charge in [-0.25, -0.2) is 21.6 Å². The quantitative estimate of drug-likeness (QED) is 0.602. The van der Waals surface area contributed by atoms with Gasteiger partial charge in [0.15, 0.2) is 9.84 Å². The second-order valence-corrected chi connectivity index (χ2v) is 8.05. The Hall–Kier alpha value is -1.65. The summed E-state index contributed by atoms with van der Waals surface area (Å²) in [7, 11) is -5.99. The van der Waals surface area contributed by atoms with Crippen molar-refractivity contribution in [2.24, 2.45) is 5.73 Å². The van der Waals surface area contributed by atoms with Crippen molar-refractivity contribution in [1.82, 2.24) is 4.72 Å². The van der Waals surface area contributed by atoms with Gasteiger partial charge < -0.3 is 11.1 Å². The predicted octanol–water partition coefficient (Wildman–Crippen LogP) is -0.714. The Balaban J connectivity index is 3.23. The van der Waals surface area contributed by atoms with Gasteiger partial charge in [-0.3, -0.25) is 4.79 Å². The topological polar surface area (TPSA) is 135 Å². The van der Waals surface area contributed by atoms with Crippen molar-refractivity contribution >= 4 is 31.5 Å². The van der Waals surface area contributed by atoms with E-state index in [0.717, 1.165) is 12.3 Å². The van der Waals surface area contributed by atoms with E-state index in [0.29, 0.717) is 0 Å². The van der Waals surface area contributed by atoms with E-state index >= 15 is 0 Å². The maximum absolute atomic E-state index is 12.2. The molecule has 21 heavy (non-hydrogen) atoms. The average molecular weight is 335 g/mol. The molecule has 118 valence electrons. The molecule has 0 aromatic heterocycles. The highest BCUT2D eigenvalue weighted by atomic mass is 32.2. The molecule has 8 nitrogen and oxygen atoms in total. The van der Waals surface area contributed by atoms with Crippen LogP contribution in [0, 0.1) is 0 Å². The van der Waals surface area contributed by atoms with Crippen LogP contribution < -0.4 is 15.8 Å². The molecule has 0 aliphatic carbocycles. The number of rotatable bonds is 7. The van der Waals surface area contributed by atoms with Crippen molar-refractivity contribution in [2.75, 3.05) is 25.2 Å². The molecule has 0 radical (unpaired) electrons. The van der Waals surface area contributed by atoms with Crippen molar-refractivity contribution in [3.8, 4) is 0 Å². The largest absolute Gasteiger partial charge is 0.387 e. The van der Waals surface area contributed by atoms with Crippen LogP contribution in [0.3, 0.4) is 0 Å². The summed E-state index contributed by atoms with van der Waals surface area (Å²) in [5, 5.41) is 2.67. The van der Waals surface area contributed by atoms with Crippen LogP contribution in [0.25, 0.3) is 0 Å². The first kappa shape index (κ1) is 17.4. The van der Waals surface area contributed by atoms with Crippen molar-refractivity contribution in [3.63, 3.8) is 0 Å². The average Bonchev–Trinajstić information content (AvgIpc) is 2.36. The second kappa shape index (κ2) is 6.41. The minimum absolute atomic E-state index is 0.114. The smallest absolute Gasteiger partial charge is 0.242 e. The van der Waals surface area contributed by atoms with E-state index in [9.17, 15) is 21.6 Å². The molecule has 0 spiro atoms. The molecule has 0 aliphatic heterocycles. The van der Waals surface area contributed by atoms with Crippen molar-refractivity contribution in [3.05, 3.63) is 18.2 Å². The fourth-order valence-electron chi connectivity index (χ4n) is 1.55. The van der Waals surface area contributed by atoms with Gasteiger partial charge in [-0.1, -0.05) is 0 Å². The predicted molar refractivity (Wildman–Crippen MR) is 78.1 cm³/mol. The molecule has 0 fully saturated rings. The fourth-order valence-corrected chi connectivity index (χ4v) is 3.54. The van der Waals surface area contributed by atoms with Gasteiger partial charge in [0.05, 0.1) is 10.6 Å². The monoisotopic (exact) mass is 335 g/mol. The van der Waals surface area contributed by atoms with Gasteiger partial charge >= 0.3 is 0 Å². The van der Waals surface area contributed by atoms with E-state index in [1.54, 1.807) is 0 Å². The molecule has 1 aromatic rings. The zero-order valence-corrected chi connectivity index (χ0v) is 13.2. The van der Waals surface area contributed by atoms with E-state index in [1.807, 2.05) is 0 Å². The van der Waals surface area contributed by atoms with Gasteiger partial charge in [0, 0.05) is 26.3 Å². The summed E-state index contributed by atoms with van der Waals surface area (Å²) in [5.74, 6) is -0.642. The minimum atomic E-state index is -3.97. The summed E-state index contributed by atoms with van der Waals surface area (Å²) in [4.78, 5) is 10.3. The Labute approximate surface area is 123 Å². The number of nitrogens with one attached hydrogen (secondary N) is 2. The maximum atomic E-state index is 12.2. The molecule has 0 bridgehead atoms. The molecular formula is C11H17N3O5S2. The van der Waals surface area contributed by atoms with Gasteiger partial charge in [0.25, 0.3) is 0 Å². The molecular weight excluding hydrogens is 318 g/mol. The summed E-state index contributed by atoms with van der Waals surface area (Å²) in [6.07, 6.45) is 0.832. The van der Waals surface area contributed by atoms with Crippen LogP contribution in [0.5, 0.6) is 0 Å². The molecule has 10 heteroatoms. The van der Waals surface area contributed by atoms with Gasteiger partial charge in [-0.2, -0.15) is 0 Å². The molecule has 1 rings (SSSR count). The molecule has 1 amide bonds. The number of carbonyl (C=O) groups is 1. The van der Waals surface area contributed by atoms with E-state index in [2.05, 4.69) is 10.0 Å². The molecule has 0 aliphatic rings. The lowest BCUT2D eigenvalue weighted by atomic mass is 10.3. The lowest BCUT2D eigenvalue weighted by molar-refractivity contribution is -0.117. The highest BCUT2D eigenvalue weighted by molar-refractivity contribution is 7.91. The minimum Gasteiger partial charge on any atom is -0.387 e. The number of benzene rings is 1. The summed E-state index contributed by atoms with van der Waals surface area (Å²) >= 11 is 0. The number of carbonyl (C=O) groups excluding carboxylic acids is 1. The standard InChI is InChI=1S/C11H17N3O5S2/c1-13-9-4-3-8(20(2,16)17)7-10(9)21(18,19)14-6-5-11(12)15/h3-4,7,13-14H,5-6H2,1-2H3,(H2,12,15). The van der Waals surface area contributed by atoms with E-state index in [4.69, 9.17) is 5.73 Å². The number of sulfone groups is 1. The lowest BCUT2D eigenvalue weighted by Gasteiger charge is -2.12. The number of hydrogen-bond acceptors (Lipinski definition) is 6. The van der Waals surface area contributed by atoms with Crippen LogP contribution in [0.4, 0.5) is 5.69 Å². The normalized spacial score (nSPS) is 12.1. The Morgan fingerprint density at radius 1 is 1.24 bits per heavy atom. The van der Waals surface area contributed by atoms with Crippen LogP contribution in [0.2, 0.25) is 0 Å². The van der Waals surface area contributed by atoms with Crippen molar-refractivity contribution in [2.45, 2.75) is 16.2 Å². The highest BCUT2D eigenvalue weighted by Gasteiger charge is 2.21. The van der Waals surface area contributed by atoms with Gasteiger partial charge in [0.2, 0.25) is 15.9 Å². The first-order valence-electron chi connectivity index (χ1n) is 5.88. The number of amides is 1. The molecule has 4 N–H and O–H groups in total. The number of anilines is 1. The van der Waals surface area contributed by atoms with E-state index in [1.165, 1.54) is 19.2 Å². The van der Waals surface area contributed by atoms with Crippen LogP contribution >= 0.6 is 0 Å². The number of primary amides is 1. The lowest BCUT2D eigenvalue weighted by Crippen LogP contribution is -2.28. The van der Waals surface area contributed by atoms with Crippen molar-refractivity contribution in [1.29, 1.82) is 0 Å². The fraction of sp³-hybridized carbons (Fsp3) is 0.364. The van der Waals surface area contributed by atoms with Crippen LogP contribution in [0.1, 0.15) is 6.42 Å². The summed E-state index contributed by atoms with van der Waals surface area (Å²) in [5.41, 5.74) is 5.18. The van der Waals surface area contributed by atoms with Gasteiger partial charge in [0.1, 0.15) is 4.90 Å². The first-order valence-corrected chi connectivity index (χ1v) is 9.25. The third-order valence-electron chi connectivity index (χ3n) is 2.60. The SMILES string of the molecule is CNc1ccc(S(C)(=O)=O)cc1S(=O)(=O)NCCC(N)=O. The van der Waals surface area contributed by atoms with Gasteiger partial charge in [-0.15, -0.1) is 0 Å². The number of sulfonamides is 1. The van der Waals surface area contributed by atoms with Gasteiger partial charge in [-0.05, 0) is 18.2 Å². The molecule has 0 saturated heterocycles. The Kier molecular flexibility index (Phi) is 5.31. The van der Waals surface area contributed by atoms with E-state index < -0.39 is 25.8 Å². The molecule has 0 atom stereocenters. The third kappa shape index (κ3) is 4.69. The van der Waals surface area contributed by atoms with Crippen LogP contribution in [-0.2, 0) is 24.7 Å². The van der Waals surface area contributed by atoms with Crippen LogP contribution in [-0.4, -0.2) is 42.6 Å².